The highest BCUT2D eigenvalue weighted by atomic mass is 32.2. The largest absolute Gasteiger partial charge is 0.495 e. The second-order valence-corrected chi connectivity index (χ2v) is 6.47. The zero-order valence-corrected chi connectivity index (χ0v) is 12.6. The number of likely N-dealkylation sites (N-methyl/N-ethyl adjacent to an activating group) is 1. The molecule has 0 spiro atoms. The van der Waals surface area contributed by atoms with Gasteiger partial charge in [0.15, 0.2) is 0 Å². The third-order valence-corrected chi connectivity index (χ3v) is 5.47. The number of hydrogen-bond donors (Lipinski definition) is 1. The summed E-state index contributed by atoms with van der Waals surface area (Å²) in [5.74, 6) is 0.103. The molecule has 0 radical (unpaired) electrons. The zero-order chi connectivity index (χ0) is 15.6. The summed E-state index contributed by atoms with van der Waals surface area (Å²) in [6.07, 6.45) is 0. The molecule has 1 aliphatic heterocycles. The standard InChI is InChI=1S/C12H17N3O5S/c1-3-14(10-7-13-8-10)21(18,19)12-6-9(15(16)17)4-5-11(12)20-2/h4-6,10,13H,3,7-8H2,1-2H3. The molecule has 0 amide bonds. The number of benzene rings is 1. The van der Waals surface area contributed by atoms with Crippen molar-refractivity contribution in [3.05, 3.63) is 28.3 Å². The highest BCUT2D eigenvalue weighted by molar-refractivity contribution is 7.89. The molecule has 0 aliphatic carbocycles. The first-order valence-electron chi connectivity index (χ1n) is 6.46. The van der Waals surface area contributed by atoms with Gasteiger partial charge in [0.2, 0.25) is 10.0 Å². The molecule has 9 heteroatoms. The Balaban J connectivity index is 2.51. The first-order chi connectivity index (χ1) is 9.91. The maximum absolute atomic E-state index is 12.7. The zero-order valence-electron chi connectivity index (χ0n) is 11.8. The van der Waals surface area contributed by atoms with Crippen molar-refractivity contribution in [2.24, 2.45) is 0 Å². The van der Waals surface area contributed by atoms with E-state index in [0.717, 1.165) is 6.07 Å². The minimum atomic E-state index is -3.85. The predicted octanol–water partition coefficient (Wildman–Crippen LogP) is 0.586. The Morgan fingerprint density at radius 1 is 1.48 bits per heavy atom. The fourth-order valence-corrected chi connectivity index (χ4v) is 4.02. The van der Waals surface area contributed by atoms with Crippen LogP contribution in [0.4, 0.5) is 5.69 Å². The van der Waals surface area contributed by atoms with Gasteiger partial charge in [0, 0.05) is 31.8 Å². The van der Waals surface area contributed by atoms with Gasteiger partial charge in [-0.1, -0.05) is 6.92 Å². The molecule has 0 atom stereocenters. The van der Waals surface area contributed by atoms with Crippen LogP contribution in [0, 0.1) is 10.1 Å². The van der Waals surface area contributed by atoms with E-state index in [0.29, 0.717) is 19.6 Å². The minimum Gasteiger partial charge on any atom is -0.495 e. The fraction of sp³-hybridized carbons (Fsp3) is 0.500. The molecular weight excluding hydrogens is 298 g/mol. The lowest BCUT2D eigenvalue weighted by molar-refractivity contribution is -0.385. The van der Waals surface area contributed by atoms with Gasteiger partial charge in [-0.05, 0) is 6.07 Å². The summed E-state index contributed by atoms with van der Waals surface area (Å²) >= 11 is 0. The van der Waals surface area contributed by atoms with Gasteiger partial charge < -0.3 is 10.1 Å². The average Bonchev–Trinajstić information content (AvgIpc) is 2.41. The van der Waals surface area contributed by atoms with Crippen molar-refractivity contribution in [1.82, 2.24) is 9.62 Å². The van der Waals surface area contributed by atoms with Crippen LogP contribution in [0.1, 0.15) is 6.92 Å². The average molecular weight is 315 g/mol. The molecule has 1 N–H and O–H groups in total. The lowest BCUT2D eigenvalue weighted by Crippen LogP contribution is -2.58. The van der Waals surface area contributed by atoms with E-state index < -0.39 is 14.9 Å². The van der Waals surface area contributed by atoms with Crippen LogP contribution in [0.3, 0.4) is 0 Å². The highest BCUT2D eigenvalue weighted by Gasteiger charge is 2.36. The molecule has 0 saturated carbocycles. The molecule has 1 fully saturated rings. The van der Waals surface area contributed by atoms with Crippen molar-refractivity contribution < 1.29 is 18.1 Å². The van der Waals surface area contributed by atoms with Crippen molar-refractivity contribution in [2.45, 2.75) is 17.9 Å². The lowest BCUT2D eigenvalue weighted by Gasteiger charge is -2.36. The van der Waals surface area contributed by atoms with E-state index in [1.807, 2.05) is 0 Å². The molecule has 0 bridgehead atoms. The summed E-state index contributed by atoms with van der Waals surface area (Å²) in [5.41, 5.74) is -0.280. The maximum atomic E-state index is 12.7. The number of rotatable bonds is 6. The predicted molar refractivity (Wildman–Crippen MR) is 75.9 cm³/mol. The lowest BCUT2D eigenvalue weighted by atomic mass is 10.2. The Labute approximate surface area is 122 Å². The first-order valence-corrected chi connectivity index (χ1v) is 7.90. The Hall–Kier alpha value is -1.71. The van der Waals surface area contributed by atoms with Crippen molar-refractivity contribution in [3.8, 4) is 5.75 Å². The van der Waals surface area contributed by atoms with Crippen LogP contribution in [0.2, 0.25) is 0 Å². The molecule has 0 unspecified atom stereocenters. The van der Waals surface area contributed by atoms with E-state index in [2.05, 4.69) is 5.32 Å². The molecule has 116 valence electrons. The summed E-state index contributed by atoms with van der Waals surface area (Å²) in [4.78, 5) is 10.1. The molecule has 8 nitrogen and oxygen atoms in total. The van der Waals surface area contributed by atoms with E-state index in [9.17, 15) is 18.5 Å². The first kappa shape index (κ1) is 15.7. The van der Waals surface area contributed by atoms with Gasteiger partial charge in [-0.3, -0.25) is 10.1 Å². The number of nitrogens with zero attached hydrogens (tertiary/aromatic N) is 2. The summed E-state index contributed by atoms with van der Waals surface area (Å²) < 4.78 is 31.9. The van der Waals surface area contributed by atoms with E-state index in [-0.39, 0.29) is 22.4 Å². The quantitative estimate of drug-likeness (QED) is 0.609. The fourth-order valence-electron chi connectivity index (χ4n) is 2.21. The van der Waals surface area contributed by atoms with E-state index in [1.165, 1.54) is 23.5 Å². The normalized spacial score (nSPS) is 15.8. The van der Waals surface area contributed by atoms with Gasteiger partial charge in [-0.25, -0.2) is 8.42 Å². The Morgan fingerprint density at radius 2 is 2.14 bits per heavy atom. The monoisotopic (exact) mass is 315 g/mol. The molecule has 1 saturated heterocycles. The number of nitro groups is 1. The van der Waals surface area contributed by atoms with Gasteiger partial charge in [0.05, 0.1) is 18.1 Å². The van der Waals surface area contributed by atoms with Crippen molar-refractivity contribution in [3.63, 3.8) is 0 Å². The highest BCUT2D eigenvalue weighted by Crippen LogP contribution is 2.31. The Morgan fingerprint density at radius 3 is 2.57 bits per heavy atom. The van der Waals surface area contributed by atoms with Gasteiger partial charge in [0.1, 0.15) is 10.6 Å². The van der Waals surface area contributed by atoms with Crippen LogP contribution in [0.5, 0.6) is 5.75 Å². The van der Waals surface area contributed by atoms with Crippen LogP contribution in [0.15, 0.2) is 23.1 Å². The molecule has 2 rings (SSSR count). The molecule has 1 heterocycles. The molecule has 21 heavy (non-hydrogen) atoms. The molecule has 0 aromatic heterocycles. The summed E-state index contributed by atoms with van der Waals surface area (Å²) in [6.45, 7) is 3.18. The maximum Gasteiger partial charge on any atom is 0.271 e. The van der Waals surface area contributed by atoms with Crippen LogP contribution in [-0.4, -0.2) is 50.4 Å². The third-order valence-electron chi connectivity index (χ3n) is 3.42. The number of non-ortho nitro benzene ring substituents is 1. The van der Waals surface area contributed by atoms with Crippen molar-refractivity contribution in [2.75, 3.05) is 26.7 Å². The van der Waals surface area contributed by atoms with E-state index in [1.54, 1.807) is 6.92 Å². The summed E-state index contributed by atoms with van der Waals surface area (Å²) in [7, 11) is -2.51. The Kier molecular flexibility index (Phi) is 4.45. The van der Waals surface area contributed by atoms with Gasteiger partial charge in [-0.15, -0.1) is 0 Å². The van der Waals surface area contributed by atoms with Crippen LogP contribution >= 0.6 is 0 Å². The Bertz CT molecular complexity index is 642. The molecule has 1 aromatic rings. The number of hydrogen-bond acceptors (Lipinski definition) is 6. The van der Waals surface area contributed by atoms with Crippen molar-refractivity contribution in [1.29, 1.82) is 0 Å². The van der Waals surface area contributed by atoms with Crippen LogP contribution < -0.4 is 10.1 Å². The third kappa shape index (κ3) is 2.85. The van der Waals surface area contributed by atoms with Crippen LogP contribution in [0.25, 0.3) is 0 Å². The topological polar surface area (TPSA) is 102 Å². The number of ether oxygens (including phenoxy) is 1. The summed E-state index contributed by atoms with van der Waals surface area (Å²) in [5, 5.41) is 13.9. The number of methoxy groups -OCH3 is 1. The second-order valence-electron chi connectivity index (χ2n) is 4.61. The summed E-state index contributed by atoms with van der Waals surface area (Å²) in [6, 6.07) is 3.43. The number of nitrogens with one attached hydrogen (secondary N) is 1. The van der Waals surface area contributed by atoms with Crippen molar-refractivity contribution >= 4 is 15.7 Å². The number of nitro benzene ring substituents is 1. The van der Waals surface area contributed by atoms with Gasteiger partial charge >= 0.3 is 0 Å². The SMILES string of the molecule is CCN(C1CNC1)S(=O)(=O)c1cc([N+](=O)[O-])ccc1OC. The smallest absolute Gasteiger partial charge is 0.271 e. The molecule has 1 aliphatic rings. The van der Waals surface area contributed by atoms with E-state index in [4.69, 9.17) is 4.74 Å². The van der Waals surface area contributed by atoms with Gasteiger partial charge in [-0.2, -0.15) is 4.31 Å². The molecule has 1 aromatic carbocycles. The van der Waals surface area contributed by atoms with E-state index >= 15 is 0 Å². The van der Waals surface area contributed by atoms with Gasteiger partial charge in [0.25, 0.3) is 5.69 Å². The second kappa shape index (κ2) is 5.96. The minimum absolute atomic E-state index is 0.103. The molecular formula is C12H17N3O5S. The number of sulfonamides is 1. The van der Waals surface area contributed by atoms with Crippen LogP contribution in [-0.2, 0) is 10.0 Å².